The number of carbonyl (C=O) groups excluding carboxylic acids is 2. The average molecular weight is 405 g/mol. The molecule has 0 aromatic carbocycles. The van der Waals surface area contributed by atoms with Crippen LogP contribution < -0.4 is 0 Å². The molecule has 29 heavy (non-hydrogen) atoms. The van der Waals surface area contributed by atoms with Crippen LogP contribution in [0.4, 0.5) is 0 Å². The Morgan fingerprint density at radius 2 is 1.38 bits per heavy atom. The Bertz CT molecular complexity index is 692. The molecule has 7 heteroatoms. The number of Topliss-reactive ketones (excluding diaryl/α,β-unsaturated/α-hetero) is 1. The van der Waals surface area contributed by atoms with E-state index in [2.05, 4.69) is 37.9 Å². The highest BCUT2D eigenvalue weighted by Gasteiger charge is 2.29. The van der Waals surface area contributed by atoms with Crippen molar-refractivity contribution in [3.63, 3.8) is 0 Å². The number of rotatable bonds is 12. The van der Waals surface area contributed by atoms with E-state index >= 15 is 0 Å². The van der Waals surface area contributed by atoms with E-state index in [1.54, 1.807) is 34.0 Å². The van der Waals surface area contributed by atoms with Crippen molar-refractivity contribution in [1.82, 2.24) is 0 Å². The predicted molar refractivity (Wildman–Crippen MR) is 114 cm³/mol. The predicted octanol–water partition coefficient (Wildman–Crippen LogP) is 4.56. The second-order valence-electron chi connectivity index (χ2n) is 6.24. The summed E-state index contributed by atoms with van der Waals surface area (Å²) in [6.45, 7) is 25.2. The standard InChI is InChI=1S/C15H21NO3.C6H7NO2.CH4/c1-11(2)13(5)17-8-15(7,19-10-16)9-18-14(6)12(3)4;1-5(2)6(9)3-7-4-8;/h1,3,5-6,8-9H2,2,4,7H3;1,3H2,2H3;1H4. The highest BCUT2D eigenvalue weighted by Crippen LogP contribution is 2.18. The number of nitrogens with zero attached hydrogens (tertiary/aromatic N) is 2. The maximum atomic E-state index is 10.5. The van der Waals surface area contributed by atoms with Crippen molar-refractivity contribution in [2.45, 2.75) is 40.7 Å². The normalized spacial score (nSPS) is 8.93. The highest BCUT2D eigenvalue weighted by atomic mass is 16.6. The first-order chi connectivity index (χ1) is 12.9. The molecule has 7 nitrogen and oxygen atoms in total. The summed E-state index contributed by atoms with van der Waals surface area (Å²) in [5.74, 6) is 0.677. The zero-order valence-electron chi connectivity index (χ0n) is 17.1. The van der Waals surface area contributed by atoms with Crippen molar-refractivity contribution >= 4 is 11.9 Å². The minimum atomic E-state index is -0.925. The molecule has 0 amide bonds. The second kappa shape index (κ2) is 15.7. The third-order valence-corrected chi connectivity index (χ3v) is 3.11. The smallest absolute Gasteiger partial charge is 0.287 e. The van der Waals surface area contributed by atoms with E-state index in [1.807, 2.05) is 0 Å². The molecule has 0 N–H and O–H groups in total. The number of allylic oxidation sites excluding steroid dienone is 2. The van der Waals surface area contributed by atoms with Crippen LogP contribution >= 0.6 is 0 Å². The Labute approximate surface area is 174 Å². The van der Waals surface area contributed by atoms with Gasteiger partial charge in [0.15, 0.2) is 11.4 Å². The van der Waals surface area contributed by atoms with Gasteiger partial charge < -0.3 is 14.2 Å². The van der Waals surface area contributed by atoms with Crippen LogP contribution in [0.25, 0.3) is 0 Å². The molecular weight excluding hydrogens is 372 g/mol. The number of carbonyl (C=O) groups is 1. The Kier molecular flexibility index (Phi) is 16.4. The van der Waals surface area contributed by atoms with E-state index in [9.17, 15) is 9.59 Å². The van der Waals surface area contributed by atoms with Crippen LogP contribution in [0.1, 0.15) is 35.1 Å². The Balaban J connectivity index is -0.000000572. The largest absolute Gasteiger partial charge is 0.490 e. The van der Waals surface area contributed by atoms with Crippen molar-refractivity contribution < 1.29 is 23.8 Å². The average Bonchev–Trinajstić information content (AvgIpc) is 2.62. The van der Waals surface area contributed by atoms with Gasteiger partial charge in [-0.25, -0.2) is 4.79 Å². The van der Waals surface area contributed by atoms with Crippen LogP contribution in [-0.2, 0) is 23.8 Å². The van der Waals surface area contributed by atoms with Gasteiger partial charge in [0.1, 0.15) is 31.3 Å². The minimum Gasteiger partial charge on any atom is -0.490 e. The van der Waals surface area contributed by atoms with Gasteiger partial charge in [-0.2, -0.15) is 10.3 Å². The van der Waals surface area contributed by atoms with Crippen LogP contribution in [0, 0.1) is 11.5 Å². The summed E-state index contributed by atoms with van der Waals surface area (Å²) in [5.41, 5.74) is 0.915. The number of ketones is 1. The zero-order chi connectivity index (χ0) is 22.3. The molecular formula is C22H32N2O5. The summed E-state index contributed by atoms with van der Waals surface area (Å²) in [6.07, 6.45) is 2.92. The van der Waals surface area contributed by atoms with Gasteiger partial charge in [0.25, 0.3) is 6.26 Å². The van der Waals surface area contributed by atoms with Crippen molar-refractivity contribution in [2.24, 2.45) is 4.99 Å². The third-order valence-electron chi connectivity index (χ3n) is 3.11. The summed E-state index contributed by atoms with van der Waals surface area (Å²) in [4.78, 5) is 23.1. The van der Waals surface area contributed by atoms with E-state index in [4.69, 9.17) is 19.5 Å². The quantitative estimate of drug-likeness (QED) is 0.118. The summed E-state index contributed by atoms with van der Waals surface area (Å²) in [6, 6.07) is 0. The second-order valence-corrected chi connectivity index (χ2v) is 6.24. The molecule has 0 aliphatic carbocycles. The molecule has 0 aliphatic heterocycles. The van der Waals surface area contributed by atoms with Crippen molar-refractivity contribution in [1.29, 1.82) is 5.26 Å². The first-order valence-electron chi connectivity index (χ1n) is 8.14. The number of aliphatic imine (C=N–C) groups is 1. The van der Waals surface area contributed by atoms with Gasteiger partial charge in [-0.1, -0.05) is 40.3 Å². The highest BCUT2D eigenvalue weighted by molar-refractivity contribution is 5.96. The van der Waals surface area contributed by atoms with Crippen LogP contribution in [0.15, 0.2) is 66.1 Å². The summed E-state index contributed by atoms with van der Waals surface area (Å²) in [7, 11) is 0. The number of hydrogen-bond acceptors (Lipinski definition) is 7. The fourth-order valence-corrected chi connectivity index (χ4v) is 1.18. The summed E-state index contributed by atoms with van der Waals surface area (Å²) >= 11 is 0. The molecule has 0 saturated carbocycles. The van der Waals surface area contributed by atoms with E-state index in [1.165, 1.54) is 6.08 Å². The van der Waals surface area contributed by atoms with Gasteiger partial charge in [-0.3, -0.25) is 4.79 Å². The Hall–Kier alpha value is -3.36. The molecule has 0 atom stereocenters. The lowest BCUT2D eigenvalue weighted by Crippen LogP contribution is -2.38. The SMILES string of the molecule is C.C=C(C)C(=C)OCC(C)(COC(=C)C(=C)C)OC#N.C=C(C)C(=O)CN=C=O. The van der Waals surface area contributed by atoms with Crippen LogP contribution in [-0.4, -0.2) is 37.2 Å². The van der Waals surface area contributed by atoms with E-state index < -0.39 is 5.60 Å². The molecule has 0 aromatic rings. The lowest BCUT2D eigenvalue weighted by atomic mass is 10.1. The van der Waals surface area contributed by atoms with Gasteiger partial charge in [-0.05, 0) is 44.4 Å². The zero-order valence-corrected chi connectivity index (χ0v) is 17.1. The van der Waals surface area contributed by atoms with E-state index in [-0.39, 0.29) is 33.0 Å². The molecule has 0 aliphatic rings. The molecule has 0 heterocycles. The lowest BCUT2D eigenvalue weighted by molar-refractivity contribution is -0.114. The Morgan fingerprint density at radius 1 is 0.966 bits per heavy atom. The monoisotopic (exact) mass is 404 g/mol. The first kappa shape index (κ1) is 30.4. The van der Waals surface area contributed by atoms with Gasteiger partial charge in [0, 0.05) is 0 Å². The molecule has 0 fully saturated rings. The lowest BCUT2D eigenvalue weighted by Gasteiger charge is -2.27. The molecule has 0 unspecified atom stereocenters. The first-order valence-corrected chi connectivity index (χ1v) is 8.14. The van der Waals surface area contributed by atoms with Gasteiger partial charge in [-0.15, -0.1) is 0 Å². The fourth-order valence-electron chi connectivity index (χ4n) is 1.18. The topological polar surface area (TPSA) is 98.0 Å². The molecule has 0 aromatic heterocycles. The molecule has 160 valence electrons. The van der Waals surface area contributed by atoms with E-state index in [0.29, 0.717) is 28.2 Å². The molecule has 0 bridgehead atoms. The molecule has 0 saturated heterocycles. The number of nitriles is 1. The number of hydrogen-bond donors (Lipinski definition) is 0. The molecule has 0 rings (SSSR count). The van der Waals surface area contributed by atoms with Crippen molar-refractivity contribution in [3.05, 3.63) is 61.1 Å². The maximum Gasteiger partial charge on any atom is 0.287 e. The third kappa shape index (κ3) is 15.4. The molecule has 0 radical (unpaired) electrons. The summed E-state index contributed by atoms with van der Waals surface area (Å²) < 4.78 is 15.8. The van der Waals surface area contributed by atoms with Gasteiger partial charge in [0.05, 0.1) is 0 Å². The molecule has 0 spiro atoms. The van der Waals surface area contributed by atoms with Gasteiger partial charge in [0.2, 0.25) is 6.08 Å². The van der Waals surface area contributed by atoms with Gasteiger partial charge >= 0.3 is 0 Å². The number of isocyanates is 1. The summed E-state index contributed by atoms with van der Waals surface area (Å²) in [5, 5.41) is 8.69. The van der Waals surface area contributed by atoms with Crippen molar-refractivity contribution in [2.75, 3.05) is 19.8 Å². The van der Waals surface area contributed by atoms with Crippen LogP contribution in [0.2, 0.25) is 0 Å². The van der Waals surface area contributed by atoms with Crippen LogP contribution in [0.5, 0.6) is 0 Å². The Morgan fingerprint density at radius 3 is 1.66 bits per heavy atom. The number of ether oxygens (including phenoxy) is 3. The fraction of sp³-hybridized carbons (Fsp3) is 0.409. The van der Waals surface area contributed by atoms with Crippen LogP contribution in [0.3, 0.4) is 0 Å². The maximum absolute atomic E-state index is 10.5. The minimum absolute atomic E-state index is 0. The van der Waals surface area contributed by atoms with Crippen molar-refractivity contribution in [3.8, 4) is 6.26 Å². The van der Waals surface area contributed by atoms with E-state index in [0.717, 1.165) is 0 Å².